The summed E-state index contributed by atoms with van der Waals surface area (Å²) < 4.78 is 0. The van der Waals surface area contributed by atoms with Gasteiger partial charge in [0.25, 0.3) is 0 Å². The molecule has 79 valence electrons. The van der Waals surface area contributed by atoms with E-state index in [0.29, 0.717) is 0 Å². The van der Waals surface area contributed by atoms with Gasteiger partial charge in [0.15, 0.2) is 0 Å². The molecule has 6 heteroatoms. The van der Waals surface area contributed by atoms with Crippen LogP contribution in [0.15, 0.2) is 0 Å². The predicted octanol–water partition coefficient (Wildman–Crippen LogP) is -1.98. The Morgan fingerprint density at radius 3 is 2.57 bits per heavy atom. The quantitative estimate of drug-likeness (QED) is 0.537. The molecule has 0 fully saturated rings. The van der Waals surface area contributed by atoms with Gasteiger partial charge in [0, 0.05) is 7.05 Å². The Bertz CT molecular complexity index is 228. The van der Waals surface area contributed by atoms with Crippen molar-refractivity contribution in [1.82, 2.24) is 10.2 Å². The fourth-order valence-electron chi connectivity index (χ4n) is 0.644. The van der Waals surface area contributed by atoms with Crippen LogP contribution in [0.2, 0.25) is 0 Å². The zero-order valence-corrected chi connectivity index (χ0v) is 8.24. The van der Waals surface area contributed by atoms with E-state index >= 15 is 0 Å². The van der Waals surface area contributed by atoms with Crippen molar-refractivity contribution in [3.05, 3.63) is 0 Å². The predicted molar refractivity (Wildman–Crippen MR) is 50.0 cm³/mol. The molecule has 1 radical (unpaired) electrons. The third kappa shape index (κ3) is 4.56. The van der Waals surface area contributed by atoms with Gasteiger partial charge in [-0.1, -0.05) is 0 Å². The van der Waals surface area contributed by atoms with Crippen LogP contribution in [0.4, 0.5) is 0 Å². The topological polar surface area (TPSA) is 92.5 Å². The highest BCUT2D eigenvalue weighted by atomic mass is 16.2. The second kappa shape index (κ2) is 6.09. The SMILES string of the molecule is CC(N)C(=O)NCC(=O)N(C)C[C]=O. The van der Waals surface area contributed by atoms with Crippen LogP contribution in [0.3, 0.4) is 0 Å². The largest absolute Gasteiger partial charge is 0.346 e. The summed E-state index contributed by atoms with van der Waals surface area (Å²) in [7, 11) is 1.45. The molecule has 0 aromatic rings. The first-order valence-electron chi connectivity index (χ1n) is 4.11. The zero-order valence-electron chi connectivity index (χ0n) is 8.24. The monoisotopic (exact) mass is 200 g/mol. The Morgan fingerprint density at radius 1 is 1.57 bits per heavy atom. The van der Waals surface area contributed by atoms with E-state index in [9.17, 15) is 14.4 Å². The Kier molecular flexibility index (Phi) is 5.47. The van der Waals surface area contributed by atoms with Crippen LogP contribution in [0.1, 0.15) is 6.92 Å². The lowest BCUT2D eigenvalue weighted by molar-refractivity contribution is -0.131. The molecule has 0 heterocycles. The number of hydrogen-bond donors (Lipinski definition) is 2. The molecule has 1 unspecified atom stereocenters. The summed E-state index contributed by atoms with van der Waals surface area (Å²) >= 11 is 0. The fraction of sp³-hybridized carbons (Fsp3) is 0.625. The van der Waals surface area contributed by atoms with Gasteiger partial charge in [0.2, 0.25) is 18.1 Å². The van der Waals surface area contributed by atoms with Crippen LogP contribution < -0.4 is 11.1 Å². The smallest absolute Gasteiger partial charge is 0.242 e. The third-order valence-electron chi connectivity index (χ3n) is 1.55. The highest BCUT2D eigenvalue weighted by Gasteiger charge is 2.11. The van der Waals surface area contributed by atoms with E-state index in [-0.39, 0.29) is 19.0 Å². The van der Waals surface area contributed by atoms with Crippen molar-refractivity contribution in [3.63, 3.8) is 0 Å². The molecule has 1 atom stereocenters. The van der Waals surface area contributed by atoms with Crippen LogP contribution in [0.5, 0.6) is 0 Å². The lowest BCUT2D eigenvalue weighted by Gasteiger charge is -2.14. The van der Waals surface area contributed by atoms with E-state index in [1.165, 1.54) is 14.0 Å². The number of amides is 2. The number of nitrogens with one attached hydrogen (secondary N) is 1. The van der Waals surface area contributed by atoms with Gasteiger partial charge in [-0.25, -0.2) is 0 Å². The summed E-state index contributed by atoms with van der Waals surface area (Å²) in [5.74, 6) is -0.760. The number of nitrogens with zero attached hydrogens (tertiary/aromatic N) is 1. The van der Waals surface area contributed by atoms with E-state index in [4.69, 9.17) is 5.73 Å². The van der Waals surface area contributed by atoms with Crippen molar-refractivity contribution in [2.24, 2.45) is 5.73 Å². The Morgan fingerprint density at radius 2 is 2.14 bits per heavy atom. The Labute approximate surface area is 82.4 Å². The fourth-order valence-corrected chi connectivity index (χ4v) is 0.644. The highest BCUT2D eigenvalue weighted by Crippen LogP contribution is 1.82. The summed E-state index contributed by atoms with van der Waals surface area (Å²) in [6.07, 6.45) is 1.58. The van der Waals surface area contributed by atoms with Crippen molar-refractivity contribution in [3.8, 4) is 0 Å². The molecular formula is C8H14N3O3. The Balaban J connectivity index is 3.84. The molecule has 0 aliphatic heterocycles. The van der Waals surface area contributed by atoms with Crippen molar-refractivity contribution < 1.29 is 14.4 Å². The number of carbonyl (C=O) groups is 2. The van der Waals surface area contributed by atoms with Crippen LogP contribution in [0.25, 0.3) is 0 Å². The molecule has 0 spiro atoms. The van der Waals surface area contributed by atoms with Gasteiger partial charge in [-0.3, -0.25) is 14.4 Å². The second-order valence-electron chi connectivity index (χ2n) is 2.90. The van der Waals surface area contributed by atoms with Crippen molar-refractivity contribution in [2.75, 3.05) is 20.1 Å². The lowest BCUT2D eigenvalue weighted by Crippen LogP contribution is -2.44. The van der Waals surface area contributed by atoms with Gasteiger partial charge in [-0.15, -0.1) is 0 Å². The van der Waals surface area contributed by atoms with Crippen LogP contribution in [-0.4, -0.2) is 49.2 Å². The summed E-state index contributed by atoms with van der Waals surface area (Å²) in [5.41, 5.74) is 5.26. The van der Waals surface area contributed by atoms with E-state index in [1.54, 1.807) is 6.29 Å². The van der Waals surface area contributed by atoms with Crippen molar-refractivity contribution >= 4 is 18.1 Å². The summed E-state index contributed by atoms with van der Waals surface area (Å²) in [4.78, 5) is 33.2. The average Bonchev–Trinajstić information content (AvgIpc) is 2.13. The van der Waals surface area contributed by atoms with Gasteiger partial charge >= 0.3 is 0 Å². The molecule has 2 amide bonds. The summed E-state index contributed by atoms with van der Waals surface area (Å²) in [6.45, 7) is 1.26. The number of nitrogens with two attached hydrogens (primary N) is 1. The van der Waals surface area contributed by atoms with E-state index in [2.05, 4.69) is 5.32 Å². The number of carbonyl (C=O) groups excluding carboxylic acids is 3. The van der Waals surface area contributed by atoms with Gasteiger partial charge < -0.3 is 16.0 Å². The highest BCUT2D eigenvalue weighted by molar-refractivity contribution is 5.87. The first-order chi connectivity index (χ1) is 6.49. The average molecular weight is 200 g/mol. The molecule has 0 saturated heterocycles. The molecule has 0 rings (SSSR count). The first kappa shape index (κ1) is 12.6. The molecule has 0 bridgehead atoms. The molecule has 0 aromatic carbocycles. The van der Waals surface area contributed by atoms with E-state index < -0.39 is 11.9 Å². The van der Waals surface area contributed by atoms with Crippen molar-refractivity contribution in [2.45, 2.75) is 13.0 Å². The minimum Gasteiger partial charge on any atom is -0.346 e. The summed E-state index contributed by atoms with van der Waals surface area (Å²) in [6, 6.07) is -0.647. The van der Waals surface area contributed by atoms with E-state index in [0.717, 1.165) is 4.90 Å². The molecule has 6 nitrogen and oxygen atoms in total. The molecule has 0 saturated carbocycles. The zero-order chi connectivity index (χ0) is 11.1. The standard InChI is InChI=1S/C8H14N3O3/c1-6(9)8(14)10-5-7(13)11(2)3-4-12/h6H,3,5,9H2,1-2H3,(H,10,14). The lowest BCUT2D eigenvalue weighted by atomic mass is 10.3. The van der Waals surface area contributed by atoms with Crippen LogP contribution in [0, 0.1) is 0 Å². The molecule has 0 aromatic heterocycles. The van der Waals surface area contributed by atoms with Gasteiger partial charge in [-0.05, 0) is 6.92 Å². The maximum atomic E-state index is 11.2. The Hall–Kier alpha value is -1.43. The molecule has 0 aliphatic rings. The minimum absolute atomic E-state index is 0.104. The van der Waals surface area contributed by atoms with Gasteiger partial charge in [-0.2, -0.15) is 0 Å². The number of likely N-dealkylation sites (N-methyl/N-ethyl adjacent to an activating group) is 1. The number of rotatable bonds is 5. The maximum absolute atomic E-state index is 11.2. The molecular weight excluding hydrogens is 186 g/mol. The minimum atomic E-state index is -0.647. The maximum Gasteiger partial charge on any atom is 0.242 e. The van der Waals surface area contributed by atoms with Crippen LogP contribution >= 0.6 is 0 Å². The third-order valence-corrected chi connectivity index (χ3v) is 1.55. The normalized spacial score (nSPS) is 11.6. The van der Waals surface area contributed by atoms with Gasteiger partial charge in [0.1, 0.15) is 0 Å². The summed E-state index contributed by atoms with van der Waals surface area (Å²) in [5, 5.41) is 2.34. The van der Waals surface area contributed by atoms with E-state index in [1.807, 2.05) is 0 Å². The molecule has 14 heavy (non-hydrogen) atoms. The second-order valence-corrected chi connectivity index (χ2v) is 2.90. The first-order valence-corrected chi connectivity index (χ1v) is 4.11. The molecule has 0 aliphatic carbocycles. The van der Waals surface area contributed by atoms with Crippen LogP contribution in [-0.2, 0) is 14.4 Å². The van der Waals surface area contributed by atoms with Gasteiger partial charge in [0.05, 0.1) is 19.1 Å². The molecule has 3 N–H and O–H groups in total. The van der Waals surface area contributed by atoms with Crippen molar-refractivity contribution in [1.29, 1.82) is 0 Å². The number of hydrogen-bond acceptors (Lipinski definition) is 4.